The summed E-state index contributed by atoms with van der Waals surface area (Å²) in [6, 6.07) is 13.1. The number of halogens is 1. The van der Waals surface area contributed by atoms with E-state index in [1.165, 1.54) is 12.1 Å². The van der Waals surface area contributed by atoms with Gasteiger partial charge in [0.1, 0.15) is 5.82 Å². The third-order valence-electron chi connectivity index (χ3n) is 3.15. The van der Waals surface area contributed by atoms with Crippen LogP contribution in [0.1, 0.15) is 24.1 Å². The van der Waals surface area contributed by atoms with Gasteiger partial charge >= 0.3 is 5.97 Å². The zero-order valence-corrected chi connectivity index (χ0v) is 12.1. The summed E-state index contributed by atoms with van der Waals surface area (Å²) < 4.78 is 18.4. The number of para-hydroxylation sites is 1. The second-order valence-electron chi connectivity index (χ2n) is 4.70. The zero-order chi connectivity index (χ0) is 15.2. The Labute approximate surface area is 123 Å². The van der Waals surface area contributed by atoms with Crippen LogP contribution in [0.3, 0.4) is 0 Å². The predicted octanol–water partition coefficient (Wildman–Crippen LogP) is 3.85. The standard InChI is InChI=1S/C17H18FNO2/c1-3-21-17(20)16(19-14-7-5-4-6-8-14)15-10-9-13(18)11-12(15)2/h4-11,16,19H,3H2,1-2H3. The van der Waals surface area contributed by atoms with Gasteiger partial charge in [-0.3, -0.25) is 0 Å². The van der Waals surface area contributed by atoms with E-state index in [1.54, 1.807) is 19.9 Å². The van der Waals surface area contributed by atoms with Gasteiger partial charge in [-0.1, -0.05) is 24.3 Å². The zero-order valence-electron chi connectivity index (χ0n) is 12.1. The van der Waals surface area contributed by atoms with Crippen LogP contribution in [0.5, 0.6) is 0 Å². The van der Waals surface area contributed by atoms with E-state index in [-0.39, 0.29) is 11.8 Å². The smallest absolute Gasteiger partial charge is 0.333 e. The number of anilines is 1. The molecule has 0 bridgehead atoms. The van der Waals surface area contributed by atoms with Gasteiger partial charge < -0.3 is 10.1 Å². The number of aryl methyl sites for hydroxylation is 1. The van der Waals surface area contributed by atoms with Crippen molar-refractivity contribution in [1.82, 2.24) is 0 Å². The molecule has 1 atom stereocenters. The summed E-state index contributed by atoms with van der Waals surface area (Å²) in [5.41, 5.74) is 2.22. The van der Waals surface area contributed by atoms with Crippen LogP contribution in [-0.4, -0.2) is 12.6 Å². The molecule has 2 aromatic carbocycles. The van der Waals surface area contributed by atoms with E-state index < -0.39 is 6.04 Å². The molecule has 1 N–H and O–H groups in total. The van der Waals surface area contributed by atoms with Gasteiger partial charge in [0.25, 0.3) is 0 Å². The van der Waals surface area contributed by atoms with E-state index in [2.05, 4.69) is 5.32 Å². The lowest BCUT2D eigenvalue weighted by Crippen LogP contribution is -2.24. The highest BCUT2D eigenvalue weighted by Gasteiger charge is 2.23. The molecule has 110 valence electrons. The molecule has 2 rings (SSSR count). The number of benzene rings is 2. The van der Waals surface area contributed by atoms with Crippen LogP contribution in [0, 0.1) is 12.7 Å². The summed E-state index contributed by atoms with van der Waals surface area (Å²) in [5, 5.41) is 3.14. The molecule has 4 heteroatoms. The van der Waals surface area contributed by atoms with Gasteiger partial charge in [-0.2, -0.15) is 0 Å². The van der Waals surface area contributed by atoms with Crippen LogP contribution < -0.4 is 5.32 Å². The highest BCUT2D eigenvalue weighted by molar-refractivity contribution is 5.81. The maximum absolute atomic E-state index is 13.3. The van der Waals surface area contributed by atoms with Crippen molar-refractivity contribution in [1.29, 1.82) is 0 Å². The van der Waals surface area contributed by atoms with Crippen molar-refractivity contribution < 1.29 is 13.9 Å². The Morgan fingerprint density at radius 2 is 1.95 bits per heavy atom. The van der Waals surface area contributed by atoms with Crippen LogP contribution in [0.25, 0.3) is 0 Å². The summed E-state index contributed by atoms with van der Waals surface area (Å²) in [6.45, 7) is 3.83. The highest BCUT2D eigenvalue weighted by Crippen LogP contribution is 2.24. The molecule has 0 radical (unpaired) electrons. The monoisotopic (exact) mass is 287 g/mol. The van der Waals surface area contributed by atoms with Crippen LogP contribution >= 0.6 is 0 Å². The van der Waals surface area contributed by atoms with Crippen molar-refractivity contribution in [3.05, 3.63) is 65.5 Å². The van der Waals surface area contributed by atoms with Crippen LogP contribution in [0.2, 0.25) is 0 Å². The summed E-state index contributed by atoms with van der Waals surface area (Å²) >= 11 is 0. The fourth-order valence-corrected chi connectivity index (χ4v) is 2.15. The van der Waals surface area contributed by atoms with Gasteiger partial charge in [0, 0.05) is 5.69 Å². The second kappa shape index (κ2) is 6.88. The molecule has 0 aliphatic heterocycles. The minimum atomic E-state index is -0.659. The molecule has 0 fully saturated rings. The topological polar surface area (TPSA) is 38.3 Å². The number of nitrogens with one attached hydrogen (secondary N) is 1. The van der Waals surface area contributed by atoms with Crippen LogP contribution in [-0.2, 0) is 9.53 Å². The van der Waals surface area contributed by atoms with Gasteiger partial charge in [0.15, 0.2) is 6.04 Å². The Kier molecular flexibility index (Phi) is 4.93. The first kappa shape index (κ1) is 15.0. The Balaban J connectivity index is 2.33. The first-order valence-corrected chi connectivity index (χ1v) is 6.86. The van der Waals surface area contributed by atoms with Gasteiger partial charge in [0.05, 0.1) is 6.61 Å². The third-order valence-corrected chi connectivity index (χ3v) is 3.15. The Bertz CT molecular complexity index is 613. The number of carbonyl (C=O) groups is 1. The normalized spacial score (nSPS) is 11.8. The molecule has 0 aliphatic carbocycles. The second-order valence-corrected chi connectivity index (χ2v) is 4.70. The van der Waals surface area contributed by atoms with E-state index in [0.29, 0.717) is 17.7 Å². The molecule has 2 aromatic rings. The molecule has 0 saturated heterocycles. The molecular formula is C17H18FNO2. The molecule has 0 aliphatic rings. The van der Waals surface area contributed by atoms with Crippen molar-refractivity contribution in [2.24, 2.45) is 0 Å². The molecule has 1 unspecified atom stereocenters. The minimum Gasteiger partial charge on any atom is -0.464 e. The predicted molar refractivity (Wildman–Crippen MR) is 80.6 cm³/mol. The molecule has 3 nitrogen and oxygen atoms in total. The molecule has 0 aromatic heterocycles. The molecule has 0 spiro atoms. The van der Waals surface area contributed by atoms with Crippen LogP contribution in [0.15, 0.2) is 48.5 Å². The van der Waals surface area contributed by atoms with E-state index in [0.717, 1.165) is 5.69 Å². The lowest BCUT2D eigenvalue weighted by molar-refractivity contribution is -0.144. The number of ether oxygens (including phenoxy) is 1. The fraction of sp³-hybridized carbons (Fsp3) is 0.235. The van der Waals surface area contributed by atoms with E-state index in [4.69, 9.17) is 4.74 Å². The molecule has 21 heavy (non-hydrogen) atoms. The number of hydrogen-bond acceptors (Lipinski definition) is 3. The van der Waals surface area contributed by atoms with Crippen molar-refractivity contribution in [3.63, 3.8) is 0 Å². The summed E-state index contributed by atoms with van der Waals surface area (Å²) in [4.78, 5) is 12.2. The van der Waals surface area contributed by atoms with Crippen molar-refractivity contribution in [2.45, 2.75) is 19.9 Å². The lowest BCUT2D eigenvalue weighted by atomic mass is 10.0. The van der Waals surface area contributed by atoms with Gasteiger partial charge in [-0.15, -0.1) is 0 Å². The molecule has 0 amide bonds. The lowest BCUT2D eigenvalue weighted by Gasteiger charge is -2.20. The van der Waals surface area contributed by atoms with E-state index >= 15 is 0 Å². The molecule has 0 saturated carbocycles. The first-order chi connectivity index (χ1) is 10.1. The maximum atomic E-state index is 13.3. The average molecular weight is 287 g/mol. The van der Waals surface area contributed by atoms with Crippen molar-refractivity contribution in [3.8, 4) is 0 Å². The SMILES string of the molecule is CCOC(=O)C(Nc1ccccc1)c1ccc(F)cc1C. The molecule has 0 heterocycles. The fourth-order valence-electron chi connectivity index (χ4n) is 2.15. The summed E-state index contributed by atoms with van der Waals surface area (Å²) in [7, 11) is 0. The quantitative estimate of drug-likeness (QED) is 0.849. The maximum Gasteiger partial charge on any atom is 0.333 e. The third kappa shape index (κ3) is 3.81. The highest BCUT2D eigenvalue weighted by atomic mass is 19.1. The van der Waals surface area contributed by atoms with Crippen molar-refractivity contribution >= 4 is 11.7 Å². The largest absolute Gasteiger partial charge is 0.464 e. The molecular weight excluding hydrogens is 269 g/mol. The van der Waals surface area contributed by atoms with Gasteiger partial charge in [0.2, 0.25) is 0 Å². The summed E-state index contributed by atoms with van der Waals surface area (Å²) in [5.74, 6) is -0.699. The van der Waals surface area contributed by atoms with Crippen LogP contribution in [0.4, 0.5) is 10.1 Å². The van der Waals surface area contributed by atoms with Gasteiger partial charge in [-0.25, -0.2) is 9.18 Å². The number of rotatable bonds is 5. The first-order valence-electron chi connectivity index (χ1n) is 6.86. The van der Waals surface area contributed by atoms with E-state index in [1.807, 2.05) is 30.3 Å². The Morgan fingerprint density at radius 3 is 2.57 bits per heavy atom. The van der Waals surface area contributed by atoms with Crippen molar-refractivity contribution in [2.75, 3.05) is 11.9 Å². The number of esters is 1. The minimum absolute atomic E-state index is 0.298. The average Bonchev–Trinajstić information content (AvgIpc) is 2.47. The van der Waals surface area contributed by atoms with Gasteiger partial charge in [-0.05, 0) is 49.2 Å². The summed E-state index contributed by atoms with van der Waals surface area (Å²) in [6.07, 6.45) is 0. The number of hydrogen-bond donors (Lipinski definition) is 1. The Morgan fingerprint density at radius 1 is 1.24 bits per heavy atom. The Hall–Kier alpha value is -2.36. The number of carbonyl (C=O) groups excluding carboxylic acids is 1. The van der Waals surface area contributed by atoms with E-state index in [9.17, 15) is 9.18 Å².